The molecule has 0 unspecified atom stereocenters. The topological polar surface area (TPSA) is 84.5 Å². The Hall–Kier alpha value is -3.19. The highest BCUT2D eigenvalue weighted by Gasteiger charge is 2.27. The molecule has 0 saturated carbocycles. The summed E-state index contributed by atoms with van der Waals surface area (Å²) < 4.78 is 19.1. The van der Waals surface area contributed by atoms with Crippen LogP contribution in [-0.2, 0) is 16.2 Å². The second-order valence-electron chi connectivity index (χ2n) is 5.37. The molecule has 0 bridgehead atoms. The molecule has 4 amide bonds. The molecule has 8 heteroatoms. The number of barbiturate groups is 1. The lowest BCUT2D eigenvalue weighted by molar-refractivity contribution is -0.123. The van der Waals surface area contributed by atoms with E-state index in [1.165, 1.54) is 18.2 Å². The SMILES string of the molecule is O=C1NC(=O)C(=Cc2ccc(OCc3ccccc3F)c(Cl)c2)C(=O)N1. The van der Waals surface area contributed by atoms with Crippen molar-refractivity contribution in [3.63, 3.8) is 0 Å². The Kier molecular flexibility index (Phi) is 4.99. The zero-order valence-corrected chi connectivity index (χ0v) is 14.0. The quantitative estimate of drug-likeness (QED) is 0.636. The lowest BCUT2D eigenvalue weighted by Gasteiger charge is -2.14. The smallest absolute Gasteiger partial charge is 0.328 e. The molecule has 0 spiro atoms. The van der Waals surface area contributed by atoms with Crippen LogP contribution in [0.1, 0.15) is 11.1 Å². The molecule has 0 radical (unpaired) electrons. The number of urea groups is 1. The number of benzene rings is 2. The van der Waals surface area contributed by atoms with E-state index < -0.39 is 17.8 Å². The minimum atomic E-state index is -0.868. The Balaban J connectivity index is 1.76. The zero-order valence-electron chi connectivity index (χ0n) is 13.2. The Labute approximate surface area is 152 Å². The Morgan fingerprint density at radius 3 is 2.38 bits per heavy atom. The summed E-state index contributed by atoms with van der Waals surface area (Å²) in [7, 11) is 0. The Bertz CT molecular complexity index is 921. The Morgan fingerprint density at radius 1 is 1.04 bits per heavy atom. The minimum absolute atomic E-state index is 0.000245. The zero-order chi connectivity index (χ0) is 18.7. The predicted octanol–water partition coefficient (Wildman–Crippen LogP) is 2.81. The van der Waals surface area contributed by atoms with Crippen LogP contribution in [0.5, 0.6) is 5.75 Å². The summed E-state index contributed by atoms with van der Waals surface area (Å²) >= 11 is 6.15. The summed E-state index contributed by atoms with van der Waals surface area (Å²) in [6, 6.07) is 9.95. The van der Waals surface area contributed by atoms with Gasteiger partial charge in [0.05, 0.1) is 5.02 Å². The van der Waals surface area contributed by atoms with Crippen LogP contribution in [0.2, 0.25) is 5.02 Å². The summed E-state index contributed by atoms with van der Waals surface area (Å²) in [5.74, 6) is -1.65. The summed E-state index contributed by atoms with van der Waals surface area (Å²) in [5.41, 5.74) is 0.624. The van der Waals surface area contributed by atoms with Crippen LogP contribution in [0, 0.1) is 5.82 Å². The molecule has 2 N–H and O–H groups in total. The lowest BCUT2D eigenvalue weighted by atomic mass is 10.1. The van der Waals surface area contributed by atoms with Crippen LogP contribution >= 0.6 is 11.6 Å². The van der Waals surface area contributed by atoms with Gasteiger partial charge in [-0.25, -0.2) is 9.18 Å². The highest BCUT2D eigenvalue weighted by atomic mass is 35.5. The molecule has 1 aliphatic rings. The first-order chi connectivity index (χ1) is 12.4. The van der Waals surface area contributed by atoms with E-state index in [9.17, 15) is 18.8 Å². The highest BCUT2D eigenvalue weighted by Crippen LogP contribution is 2.27. The number of halogens is 2. The van der Waals surface area contributed by atoms with E-state index in [1.807, 2.05) is 10.6 Å². The molecule has 0 aliphatic carbocycles. The van der Waals surface area contributed by atoms with Gasteiger partial charge in [0, 0.05) is 5.56 Å². The first-order valence-corrected chi connectivity index (χ1v) is 7.86. The van der Waals surface area contributed by atoms with Crippen molar-refractivity contribution in [3.8, 4) is 5.75 Å². The second kappa shape index (κ2) is 7.37. The van der Waals surface area contributed by atoms with Crippen molar-refractivity contribution in [2.45, 2.75) is 6.61 Å². The molecule has 132 valence electrons. The van der Waals surface area contributed by atoms with Gasteiger partial charge in [-0.2, -0.15) is 0 Å². The first-order valence-electron chi connectivity index (χ1n) is 7.48. The van der Waals surface area contributed by atoms with Gasteiger partial charge >= 0.3 is 6.03 Å². The van der Waals surface area contributed by atoms with Gasteiger partial charge < -0.3 is 4.74 Å². The van der Waals surface area contributed by atoms with Crippen LogP contribution in [0.3, 0.4) is 0 Å². The maximum Gasteiger partial charge on any atom is 0.328 e. The number of imide groups is 2. The van der Waals surface area contributed by atoms with E-state index >= 15 is 0 Å². The number of ether oxygens (including phenoxy) is 1. The second-order valence-corrected chi connectivity index (χ2v) is 5.77. The standard InChI is InChI=1S/C18H12ClFN2O4/c19-13-8-10(7-12-16(23)21-18(25)22-17(12)24)5-6-15(13)26-9-11-3-1-2-4-14(11)20/h1-8H,9H2,(H2,21,22,23,24,25). The number of carbonyl (C=O) groups excluding carboxylic acids is 3. The largest absolute Gasteiger partial charge is 0.487 e. The molecule has 1 aliphatic heterocycles. The van der Waals surface area contributed by atoms with Gasteiger partial charge in [-0.1, -0.05) is 35.9 Å². The maximum atomic E-state index is 13.6. The molecule has 26 heavy (non-hydrogen) atoms. The third-order valence-corrected chi connectivity index (χ3v) is 3.85. The maximum absolute atomic E-state index is 13.6. The van der Waals surface area contributed by atoms with E-state index in [0.717, 1.165) is 0 Å². The van der Waals surface area contributed by atoms with E-state index in [0.29, 0.717) is 16.9 Å². The fraction of sp³-hybridized carbons (Fsp3) is 0.0556. The molecule has 0 atom stereocenters. The molecular weight excluding hydrogens is 363 g/mol. The lowest BCUT2D eigenvalue weighted by Crippen LogP contribution is -2.51. The van der Waals surface area contributed by atoms with Gasteiger partial charge in [0.15, 0.2) is 0 Å². The fourth-order valence-electron chi connectivity index (χ4n) is 2.27. The van der Waals surface area contributed by atoms with Gasteiger partial charge in [-0.3, -0.25) is 20.2 Å². The number of nitrogens with one attached hydrogen (secondary N) is 2. The molecule has 2 aromatic carbocycles. The summed E-state index contributed by atoms with van der Waals surface area (Å²) in [5, 5.41) is 4.18. The van der Waals surface area contributed by atoms with Gasteiger partial charge in [-0.05, 0) is 29.8 Å². The van der Waals surface area contributed by atoms with Crippen molar-refractivity contribution >= 4 is 35.5 Å². The predicted molar refractivity (Wildman–Crippen MR) is 91.8 cm³/mol. The molecule has 0 aromatic heterocycles. The normalized spacial score (nSPS) is 13.9. The van der Waals surface area contributed by atoms with Gasteiger partial charge in [0.1, 0.15) is 23.7 Å². The number of hydrogen-bond acceptors (Lipinski definition) is 4. The molecule has 1 fully saturated rings. The van der Waals surface area contributed by atoms with E-state index in [-0.39, 0.29) is 23.0 Å². The van der Waals surface area contributed by atoms with Crippen LogP contribution < -0.4 is 15.4 Å². The highest BCUT2D eigenvalue weighted by molar-refractivity contribution is 6.33. The van der Waals surface area contributed by atoms with Crippen LogP contribution in [0.4, 0.5) is 9.18 Å². The van der Waals surface area contributed by atoms with Crippen molar-refractivity contribution in [2.24, 2.45) is 0 Å². The summed E-state index contributed by atoms with van der Waals surface area (Å²) in [6.07, 6.45) is 1.30. The van der Waals surface area contributed by atoms with E-state index in [1.54, 1.807) is 30.3 Å². The average molecular weight is 375 g/mol. The summed E-state index contributed by atoms with van der Waals surface area (Å²) in [6.45, 7) is -0.000245. The molecular formula is C18H12ClFN2O4. The van der Waals surface area contributed by atoms with Crippen molar-refractivity contribution in [2.75, 3.05) is 0 Å². The van der Waals surface area contributed by atoms with E-state index in [4.69, 9.17) is 16.3 Å². The van der Waals surface area contributed by atoms with Crippen LogP contribution in [0.25, 0.3) is 6.08 Å². The van der Waals surface area contributed by atoms with Crippen molar-refractivity contribution in [3.05, 3.63) is 70.0 Å². The Morgan fingerprint density at radius 2 is 1.73 bits per heavy atom. The van der Waals surface area contributed by atoms with Crippen LogP contribution in [-0.4, -0.2) is 17.8 Å². The molecule has 1 heterocycles. The summed E-state index contributed by atoms with van der Waals surface area (Å²) in [4.78, 5) is 34.5. The number of amides is 4. The van der Waals surface area contributed by atoms with E-state index in [2.05, 4.69) is 0 Å². The van der Waals surface area contributed by atoms with Crippen molar-refractivity contribution in [1.29, 1.82) is 0 Å². The average Bonchev–Trinajstić information content (AvgIpc) is 2.58. The third kappa shape index (κ3) is 3.89. The molecule has 2 aromatic rings. The number of rotatable bonds is 4. The first kappa shape index (κ1) is 17.6. The van der Waals surface area contributed by atoms with Gasteiger partial charge in [0.25, 0.3) is 11.8 Å². The van der Waals surface area contributed by atoms with Crippen LogP contribution in [0.15, 0.2) is 48.0 Å². The van der Waals surface area contributed by atoms with Gasteiger partial charge in [-0.15, -0.1) is 0 Å². The van der Waals surface area contributed by atoms with Crippen molar-refractivity contribution < 1.29 is 23.5 Å². The van der Waals surface area contributed by atoms with Gasteiger partial charge in [0.2, 0.25) is 0 Å². The monoisotopic (exact) mass is 374 g/mol. The number of carbonyl (C=O) groups is 3. The minimum Gasteiger partial charge on any atom is -0.487 e. The molecule has 1 saturated heterocycles. The van der Waals surface area contributed by atoms with Crippen molar-refractivity contribution in [1.82, 2.24) is 10.6 Å². The molecule has 6 nitrogen and oxygen atoms in total. The third-order valence-electron chi connectivity index (χ3n) is 3.55. The fourth-order valence-corrected chi connectivity index (χ4v) is 2.51. The number of hydrogen-bond donors (Lipinski definition) is 2. The molecule has 3 rings (SSSR count).